The van der Waals surface area contributed by atoms with Crippen LogP contribution in [0.2, 0.25) is 5.02 Å². The smallest absolute Gasteiger partial charge is 0.351 e. The molecule has 0 aliphatic rings. The molecule has 0 bridgehead atoms. The van der Waals surface area contributed by atoms with Gasteiger partial charge in [0.1, 0.15) is 55.2 Å². The third kappa shape index (κ3) is 10.9. The Morgan fingerprint density at radius 2 is 1.56 bits per heavy atom. The standard InChI is InChI=1S/C33H32ClNO15/c1-5-29(36)45-9-10-47-31(38)7-8-44-18-21-15-25(35(41)42)22(16-26(21)43-4)19(3)49-28-17-27-20(14-24(28)34)13-23(33(40)50-27)32(39)48-12-11-46-30(37)6-2/h5-6,13-17,19H,1-2,7-12,18H2,3-4H3. The van der Waals surface area contributed by atoms with Crippen molar-refractivity contribution in [2.24, 2.45) is 0 Å². The highest BCUT2D eigenvalue weighted by atomic mass is 35.5. The van der Waals surface area contributed by atoms with E-state index in [-0.39, 0.29) is 84.8 Å². The number of methoxy groups -OCH3 is 1. The Kier molecular flexibility index (Phi) is 14.5. The zero-order valence-corrected chi connectivity index (χ0v) is 27.7. The van der Waals surface area contributed by atoms with Gasteiger partial charge in [-0.15, -0.1) is 0 Å². The van der Waals surface area contributed by atoms with Crippen molar-refractivity contribution < 1.29 is 61.7 Å². The van der Waals surface area contributed by atoms with Gasteiger partial charge in [-0.25, -0.2) is 19.2 Å². The van der Waals surface area contributed by atoms with Crippen LogP contribution in [0.15, 0.2) is 64.9 Å². The summed E-state index contributed by atoms with van der Waals surface area (Å²) in [7, 11) is 1.36. The molecule has 0 saturated carbocycles. The predicted molar refractivity (Wildman–Crippen MR) is 174 cm³/mol. The number of carbonyl (C=O) groups excluding carboxylic acids is 4. The summed E-state index contributed by atoms with van der Waals surface area (Å²) in [5.74, 6) is -2.72. The second kappa shape index (κ2) is 18.7. The maximum Gasteiger partial charge on any atom is 0.351 e. The number of esters is 4. The summed E-state index contributed by atoms with van der Waals surface area (Å²) in [6.45, 7) is 6.97. The molecular formula is C33H32ClNO15. The lowest BCUT2D eigenvalue weighted by atomic mass is 10.0. The average Bonchev–Trinajstić information content (AvgIpc) is 3.09. The molecule has 0 amide bonds. The summed E-state index contributed by atoms with van der Waals surface area (Å²) in [4.78, 5) is 70.4. The Balaban J connectivity index is 1.70. The van der Waals surface area contributed by atoms with Crippen LogP contribution in [0.4, 0.5) is 5.69 Å². The second-order valence-corrected chi connectivity index (χ2v) is 10.3. The van der Waals surface area contributed by atoms with Crippen molar-refractivity contribution in [3.8, 4) is 11.5 Å². The number of rotatable bonds is 19. The van der Waals surface area contributed by atoms with Crippen molar-refractivity contribution in [3.63, 3.8) is 0 Å². The van der Waals surface area contributed by atoms with Crippen molar-refractivity contribution in [3.05, 3.63) is 97.9 Å². The molecule has 3 rings (SSSR count). The van der Waals surface area contributed by atoms with Gasteiger partial charge >= 0.3 is 29.5 Å². The van der Waals surface area contributed by atoms with E-state index in [4.69, 9.17) is 49.2 Å². The highest BCUT2D eigenvalue weighted by molar-refractivity contribution is 6.32. The lowest BCUT2D eigenvalue weighted by Gasteiger charge is -2.19. The molecule has 3 aromatic rings. The van der Waals surface area contributed by atoms with Gasteiger partial charge in [-0.3, -0.25) is 14.9 Å². The van der Waals surface area contributed by atoms with E-state index >= 15 is 0 Å². The molecule has 50 heavy (non-hydrogen) atoms. The molecule has 1 atom stereocenters. The molecule has 2 aromatic carbocycles. The van der Waals surface area contributed by atoms with Crippen LogP contribution in [0.5, 0.6) is 11.5 Å². The Bertz CT molecular complexity index is 1830. The van der Waals surface area contributed by atoms with Crippen LogP contribution in [-0.4, -0.2) is 68.9 Å². The fourth-order valence-corrected chi connectivity index (χ4v) is 4.42. The number of hydrogen-bond donors (Lipinski definition) is 0. The summed E-state index contributed by atoms with van der Waals surface area (Å²) < 4.78 is 41.5. The van der Waals surface area contributed by atoms with Crippen molar-refractivity contribution in [1.29, 1.82) is 0 Å². The third-order valence-corrected chi connectivity index (χ3v) is 6.86. The lowest BCUT2D eigenvalue weighted by Crippen LogP contribution is -2.19. The zero-order valence-electron chi connectivity index (χ0n) is 26.9. The Labute approximate surface area is 289 Å². The third-order valence-electron chi connectivity index (χ3n) is 6.57. The molecule has 266 valence electrons. The first kappa shape index (κ1) is 38.7. The molecule has 1 heterocycles. The van der Waals surface area contributed by atoms with Gasteiger partial charge in [-0.2, -0.15) is 0 Å². The highest BCUT2D eigenvalue weighted by Gasteiger charge is 2.25. The molecule has 0 saturated heterocycles. The van der Waals surface area contributed by atoms with Crippen LogP contribution in [0.3, 0.4) is 0 Å². The highest BCUT2D eigenvalue weighted by Crippen LogP contribution is 2.38. The average molecular weight is 718 g/mol. The Morgan fingerprint density at radius 1 is 0.920 bits per heavy atom. The van der Waals surface area contributed by atoms with Gasteiger partial charge in [0.25, 0.3) is 5.69 Å². The minimum atomic E-state index is -1.02. The van der Waals surface area contributed by atoms with Crippen LogP contribution < -0.4 is 15.1 Å². The maximum atomic E-state index is 12.6. The van der Waals surface area contributed by atoms with E-state index in [2.05, 4.69) is 13.2 Å². The van der Waals surface area contributed by atoms with E-state index in [1.165, 1.54) is 44.4 Å². The molecule has 0 aliphatic carbocycles. The molecule has 0 radical (unpaired) electrons. The van der Waals surface area contributed by atoms with Gasteiger partial charge in [0.2, 0.25) is 0 Å². The Hall–Kier alpha value is -5.74. The van der Waals surface area contributed by atoms with E-state index in [1.54, 1.807) is 0 Å². The number of nitrogens with zero attached hydrogens (tertiary/aromatic N) is 1. The summed E-state index contributed by atoms with van der Waals surface area (Å²) in [5, 5.41) is 12.3. The number of halogens is 1. The molecular weight excluding hydrogens is 686 g/mol. The van der Waals surface area contributed by atoms with Crippen molar-refractivity contribution in [2.45, 2.75) is 26.1 Å². The van der Waals surface area contributed by atoms with Gasteiger partial charge in [0.05, 0.1) is 42.3 Å². The predicted octanol–water partition coefficient (Wildman–Crippen LogP) is 4.57. The summed E-state index contributed by atoms with van der Waals surface area (Å²) in [5.41, 5.74) is -1.34. The molecule has 0 spiro atoms. The minimum Gasteiger partial charge on any atom is -0.496 e. The normalized spacial score (nSPS) is 11.2. The molecule has 0 aliphatic heterocycles. The number of nitro groups is 1. The van der Waals surface area contributed by atoms with Gasteiger partial charge < -0.3 is 37.6 Å². The topological polar surface area (TPSA) is 206 Å². The molecule has 0 fully saturated rings. The van der Waals surface area contributed by atoms with Crippen LogP contribution in [0.1, 0.15) is 40.9 Å². The number of hydrogen-bond acceptors (Lipinski definition) is 15. The van der Waals surface area contributed by atoms with E-state index < -0.39 is 46.1 Å². The number of ether oxygens (including phenoxy) is 7. The monoisotopic (exact) mass is 717 g/mol. The number of carbonyl (C=O) groups is 4. The van der Waals surface area contributed by atoms with Crippen LogP contribution >= 0.6 is 11.6 Å². The maximum absolute atomic E-state index is 12.6. The summed E-state index contributed by atoms with van der Waals surface area (Å²) >= 11 is 6.44. The minimum absolute atomic E-state index is 0.00218. The lowest BCUT2D eigenvalue weighted by molar-refractivity contribution is -0.386. The van der Waals surface area contributed by atoms with E-state index in [1.807, 2.05) is 0 Å². The second-order valence-electron chi connectivity index (χ2n) is 9.91. The van der Waals surface area contributed by atoms with Crippen LogP contribution in [0.25, 0.3) is 11.0 Å². The van der Waals surface area contributed by atoms with Gasteiger partial charge in [0.15, 0.2) is 0 Å². The molecule has 1 aromatic heterocycles. The fourth-order valence-electron chi connectivity index (χ4n) is 4.20. The zero-order chi connectivity index (χ0) is 36.8. The van der Waals surface area contributed by atoms with Gasteiger partial charge in [-0.05, 0) is 25.1 Å². The first-order valence-corrected chi connectivity index (χ1v) is 15.0. The summed E-state index contributed by atoms with van der Waals surface area (Å²) in [6, 6.07) is 6.54. The van der Waals surface area contributed by atoms with E-state index in [0.29, 0.717) is 5.56 Å². The number of nitro benzene ring substituents is 1. The number of benzene rings is 2. The van der Waals surface area contributed by atoms with E-state index in [9.17, 15) is 34.1 Å². The van der Waals surface area contributed by atoms with E-state index in [0.717, 1.165) is 12.2 Å². The van der Waals surface area contributed by atoms with Crippen molar-refractivity contribution in [2.75, 3.05) is 40.1 Å². The molecule has 17 heteroatoms. The van der Waals surface area contributed by atoms with Crippen molar-refractivity contribution >= 4 is 52.1 Å². The first-order chi connectivity index (χ1) is 23.9. The quantitative estimate of drug-likeness (QED) is 0.0317. The van der Waals surface area contributed by atoms with Gasteiger partial charge in [-0.1, -0.05) is 24.8 Å². The van der Waals surface area contributed by atoms with Gasteiger partial charge in [0, 0.05) is 35.2 Å². The SMILES string of the molecule is C=CC(=O)OCCOC(=O)CCOCc1cc([N+](=O)[O-])c(C(C)Oc2cc3oc(=O)c(C(=O)OCCOC(=O)C=C)cc3cc2Cl)cc1OC. The molecule has 16 nitrogen and oxygen atoms in total. The van der Waals surface area contributed by atoms with Crippen LogP contribution in [0, 0.1) is 10.1 Å². The fraction of sp³-hybridized carbons (Fsp3) is 0.303. The number of fused-ring (bicyclic) bond motifs is 1. The van der Waals surface area contributed by atoms with Crippen molar-refractivity contribution in [1.82, 2.24) is 0 Å². The molecule has 1 unspecified atom stereocenters. The molecule has 0 N–H and O–H groups in total. The first-order valence-electron chi connectivity index (χ1n) is 14.7. The largest absolute Gasteiger partial charge is 0.496 e. The summed E-state index contributed by atoms with van der Waals surface area (Å²) in [6.07, 6.45) is 0.814. The Morgan fingerprint density at radius 3 is 2.18 bits per heavy atom. The van der Waals surface area contributed by atoms with Crippen LogP contribution in [-0.2, 0) is 44.7 Å².